The van der Waals surface area contributed by atoms with Crippen molar-refractivity contribution >= 4 is 12.0 Å². The number of ether oxygens (including phenoxy) is 2. The van der Waals surface area contributed by atoms with Crippen LogP contribution in [0.1, 0.15) is 5.56 Å². The number of halogens is 3. The summed E-state index contributed by atoms with van der Waals surface area (Å²) in [4.78, 5) is 18.5. The number of rotatable bonds is 6. The van der Waals surface area contributed by atoms with Crippen molar-refractivity contribution in [3.63, 3.8) is 0 Å². The maximum atomic E-state index is 12.9. The summed E-state index contributed by atoms with van der Waals surface area (Å²) in [5.41, 5.74) is 0.262. The Kier molecular flexibility index (Phi) is 5.12. The molecule has 0 fully saturated rings. The van der Waals surface area contributed by atoms with Crippen LogP contribution in [-0.2, 0) is 24.2 Å². The van der Waals surface area contributed by atoms with E-state index in [9.17, 15) is 23.3 Å². The van der Waals surface area contributed by atoms with Crippen LogP contribution in [0.15, 0.2) is 41.5 Å². The van der Waals surface area contributed by atoms with Gasteiger partial charge in [0.1, 0.15) is 5.82 Å². The quantitative estimate of drug-likeness (QED) is 0.638. The monoisotopic (exact) mass is 332 g/mol. The average Bonchev–Trinajstić information content (AvgIpc) is 2.83. The van der Waals surface area contributed by atoms with Gasteiger partial charge in [-0.2, -0.15) is 4.94 Å². The summed E-state index contributed by atoms with van der Waals surface area (Å²) in [6.45, 7) is 0. The SMILES string of the molecule is COC1=C(O)C(=O)O[C@@H]1[C@@H](OF)C(=Cc1ccc(F)cc1)OF. The normalized spacial score (nSPS) is 19.6. The van der Waals surface area contributed by atoms with Gasteiger partial charge in [0.2, 0.25) is 11.9 Å². The highest BCUT2D eigenvalue weighted by Crippen LogP contribution is 2.30. The first kappa shape index (κ1) is 16.7. The number of benzene rings is 1. The molecule has 2 rings (SSSR count). The lowest BCUT2D eigenvalue weighted by atomic mass is 10.1. The zero-order valence-electron chi connectivity index (χ0n) is 11.7. The predicted molar refractivity (Wildman–Crippen MR) is 69.1 cm³/mol. The van der Waals surface area contributed by atoms with E-state index in [0.717, 1.165) is 25.3 Å². The fourth-order valence-corrected chi connectivity index (χ4v) is 1.98. The number of hydrogen-bond acceptors (Lipinski definition) is 6. The number of hydrogen-bond donors (Lipinski definition) is 1. The Morgan fingerprint density at radius 1 is 1.35 bits per heavy atom. The Morgan fingerprint density at radius 2 is 2.00 bits per heavy atom. The number of aliphatic hydroxyl groups is 1. The van der Waals surface area contributed by atoms with Crippen LogP contribution >= 0.6 is 0 Å². The second-order valence-corrected chi connectivity index (χ2v) is 4.43. The van der Waals surface area contributed by atoms with Crippen molar-refractivity contribution in [3.8, 4) is 0 Å². The van der Waals surface area contributed by atoms with Gasteiger partial charge in [0.25, 0.3) is 0 Å². The lowest BCUT2D eigenvalue weighted by Gasteiger charge is -2.19. The Labute approximate surface area is 128 Å². The van der Waals surface area contributed by atoms with E-state index in [1.807, 2.05) is 0 Å². The highest BCUT2D eigenvalue weighted by molar-refractivity contribution is 5.89. The Morgan fingerprint density at radius 3 is 2.52 bits per heavy atom. The highest BCUT2D eigenvalue weighted by atomic mass is 19.3. The maximum absolute atomic E-state index is 12.9. The summed E-state index contributed by atoms with van der Waals surface area (Å²) in [6.07, 6.45) is -2.48. The molecule has 0 aromatic heterocycles. The molecule has 0 saturated heterocycles. The molecular weight excluding hydrogens is 321 g/mol. The average molecular weight is 332 g/mol. The summed E-state index contributed by atoms with van der Waals surface area (Å²) < 4.78 is 47.9. The van der Waals surface area contributed by atoms with E-state index in [2.05, 4.69) is 14.6 Å². The molecular formula is C14H11F3O6. The van der Waals surface area contributed by atoms with Crippen LogP contribution < -0.4 is 0 Å². The van der Waals surface area contributed by atoms with Crippen molar-refractivity contribution in [3.05, 3.63) is 52.9 Å². The molecule has 9 heteroatoms. The summed E-state index contributed by atoms with van der Waals surface area (Å²) in [5.74, 6) is -3.77. The van der Waals surface area contributed by atoms with E-state index in [-0.39, 0.29) is 5.56 Å². The fraction of sp³-hybridized carbons (Fsp3) is 0.214. The van der Waals surface area contributed by atoms with Crippen LogP contribution in [-0.4, -0.2) is 30.4 Å². The number of esters is 1. The third kappa shape index (κ3) is 3.39. The summed E-state index contributed by atoms with van der Waals surface area (Å²) >= 11 is 0. The third-order valence-corrected chi connectivity index (χ3v) is 3.06. The molecule has 0 unspecified atom stereocenters. The lowest BCUT2D eigenvalue weighted by Crippen LogP contribution is -2.32. The molecule has 6 nitrogen and oxygen atoms in total. The van der Waals surface area contributed by atoms with Crippen LogP contribution in [0.3, 0.4) is 0 Å². The molecule has 1 aromatic carbocycles. The third-order valence-electron chi connectivity index (χ3n) is 3.06. The van der Waals surface area contributed by atoms with Crippen LogP contribution in [0.25, 0.3) is 6.08 Å². The standard InChI is InChI=1S/C14H11F3O6/c1-20-12-10(18)14(19)21-13(12)11(23-17)9(22-16)6-7-2-4-8(15)5-3-7/h2-6,11,13,18H,1H3/t11-,13+/m0/s1. The molecule has 2 atom stereocenters. The van der Waals surface area contributed by atoms with Crippen LogP contribution in [0, 0.1) is 5.82 Å². The van der Waals surface area contributed by atoms with Gasteiger partial charge >= 0.3 is 5.97 Å². The van der Waals surface area contributed by atoms with Crippen molar-refractivity contribution in [2.45, 2.75) is 12.2 Å². The molecule has 0 saturated carbocycles. The van der Waals surface area contributed by atoms with E-state index in [1.165, 1.54) is 12.1 Å². The molecule has 1 aliphatic heterocycles. The molecule has 0 amide bonds. The minimum Gasteiger partial charge on any atom is -0.499 e. The summed E-state index contributed by atoms with van der Waals surface area (Å²) in [5, 5.41) is 9.45. The Hall–Kier alpha value is -2.68. The van der Waals surface area contributed by atoms with Gasteiger partial charge < -0.3 is 14.6 Å². The number of methoxy groups -OCH3 is 1. The van der Waals surface area contributed by atoms with Gasteiger partial charge in [0.05, 0.1) is 7.11 Å². The molecule has 0 bridgehead atoms. The van der Waals surface area contributed by atoms with Crippen LogP contribution in [0.4, 0.5) is 13.4 Å². The fourth-order valence-electron chi connectivity index (χ4n) is 1.98. The Balaban J connectivity index is 2.34. The summed E-state index contributed by atoms with van der Waals surface area (Å²) in [6, 6.07) is 4.73. The molecule has 1 aromatic rings. The van der Waals surface area contributed by atoms with Crippen molar-refractivity contribution in [1.29, 1.82) is 0 Å². The molecule has 1 aliphatic rings. The van der Waals surface area contributed by atoms with Gasteiger partial charge in [-0.1, -0.05) is 12.1 Å². The maximum Gasteiger partial charge on any atom is 0.378 e. The van der Waals surface area contributed by atoms with Gasteiger partial charge in [-0.15, -0.1) is 0 Å². The second kappa shape index (κ2) is 7.05. The first-order valence-corrected chi connectivity index (χ1v) is 6.23. The highest BCUT2D eigenvalue weighted by Gasteiger charge is 2.45. The first-order valence-electron chi connectivity index (χ1n) is 6.23. The molecule has 0 aliphatic carbocycles. The van der Waals surface area contributed by atoms with E-state index < -0.39 is 41.3 Å². The molecule has 1 heterocycles. The van der Waals surface area contributed by atoms with Crippen LogP contribution in [0.2, 0.25) is 0 Å². The molecule has 124 valence electrons. The van der Waals surface area contributed by atoms with Crippen molar-refractivity contribution in [2.24, 2.45) is 0 Å². The molecule has 0 radical (unpaired) electrons. The minimum atomic E-state index is -1.88. The number of cyclic esters (lactones) is 1. The van der Waals surface area contributed by atoms with Crippen LogP contribution in [0.5, 0.6) is 0 Å². The smallest absolute Gasteiger partial charge is 0.378 e. The van der Waals surface area contributed by atoms with Gasteiger partial charge in [-0.05, 0) is 28.3 Å². The topological polar surface area (TPSA) is 74.2 Å². The second-order valence-electron chi connectivity index (χ2n) is 4.43. The largest absolute Gasteiger partial charge is 0.499 e. The number of carbonyl (C=O) groups is 1. The number of carbonyl (C=O) groups excluding carboxylic acids is 1. The van der Waals surface area contributed by atoms with Crippen molar-refractivity contribution < 1.29 is 42.7 Å². The van der Waals surface area contributed by atoms with Gasteiger partial charge in [0, 0.05) is 4.53 Å². The zero-order chi connectivity index (χ0) is 17.0. The summed E-state index contributed by atoms with van der Waals surface area (Å²) in [7, 11) is 1.09. The zero-order valence-corrected chi connectivity index (χ0v) is 11.7. The predicted octanol–water partition coefficient (Wildman–Crippen LogP) is 2.68. The van der Waals surface area contributed by atoms with E-state index >= 15 is 0 Å². The van der Waals surface area contributed by atoms with E-state index in [4.69, 9.17) is 4.74 Å². The minimum absolute atomic E-state index is 0.262. The van der Waals surface area contributed by atoms with Gasteiger partial charge in [-0.3, -0.25) is 4.94 Å². The number of aliphatic hydroxyl groups excluding tert-OH is 1. The van der Waals surface area contributed by atoms with Gasteiger partial charge in [-0.25, -0.2) is 9.18 Å². The lowest BCUT2D eigenvalue weighted by molar-refractivity contribution is -0.226. The van der Waals surface area contributed by atoms with E-state index in [0.29, 0.717) is 0 Å². The first-order chi connectivity index (χ1) is 11.0. The van der Waals surface area contributed by atoms with E-state index in [1.54, 1.807) is 0 Å². The van der Waals surface area contributed by atoms with Gasteiger partial charge in [0.15, 0.2) is 17.6 Å². The molecule has 1 N–H and O–H groups in total. The van der Waals surface area contributed by atoms with Crippen molar-refractivity contribution in [1.82, 2.24) is 0 Å². The molecule has 0 spiro atoms. The van der Waals surface area contributed by atoms with Crippen molar-refractivity contribution in [2.75, 3.05) is 7.11 Å². The Bertz CT molecular complexity index is 640. The molecule has 23 heavy (non-hydrogen) atoms.